The molecule has 5 rings (SSSR count). The normalized spacial score (nSPS) is 15.1. The number of hydrogen-bond donors (Lipinski definition) is 1. The molecular weight excluding hydrogens is 438 g/mol. The van der Waals surface area contributed by atoms with E-state index < -0.39 is 0 Å². The van der Waals surface area contributed by atoms with Crippen molar-refractivity contribution >= 4 is 11.9 Å². The molecule has 4 aromatic rings. The highest BCUT2D eigenvalue weighted by molar-refractivity contribution is 6.00. The summed E-state index contributed by atoms with van der Waals surface area (Å²) in [5.41, 5.74) is 3.22. The molecular formula is C27H29N7O. The lowest BCUT2D eigenvalue weighted by Crippen LogP contribution is -2.51. The van der Waals surface area contributed by atoms with E-state index in [1.807, 2.05) is 78.3 Å². The third kappa shape index (κ3) is 5.22. The number of piperazine rings is 1. The van der Waals surface area contributed by atoms with Crippen LogP contribution in [0.5, 0.6) is 0 Å². The van der Waals surface area contributed by atoms with E-state index in [-0.39, 0.29) is 11.9 Å². The monoisotopic (exact) mass is 467 g/mol. The van der Waals surface area contributed by atoms with Crippen molar-refractivity contribution in [3.63, 3.8) is 0 Å². The van der Waals surface area contributed by atoms with Crippen molar-refractivity contribution in [2.45, 2.75) is 13.0 Å². The van der Waals surface area contributed by atoms with Gasteiger partial charge in [0.25, 0.3) is 5.91 Å². The Morgan fingerprint density at radius 2 is 1.57 bits per heavy atom. The van der Waals surface area contributed by atoms with E-state index in [2.05, 4.69) is 30.2 Å². The zero-order valence-corrected chi connectivity index (χ0v) is 19.8. The molecule has 35 heavy (non-hydrogen) atoms. The largest absolute Gasteiger partial charge is 0.348 e. The minimum atomic E-state index is -0.116. The third-order valence-electron chi connectivity index (χ3n) is 6.18. The number of rotatable bonds is 7. The Labute approximate surface area is 205 Å². The van der Waals surface area contributed by atoms with Crippen LogP contribution >= 0.6 is 0 Å². The summed E-state index contributed by atoms with van der Waals surface area (Å²) >= 11 is 0. The molecule has 0 saturated carbocycles. The number of hydrogen-bond acceptors (Lipinski definition) is 6. The Balaban J connectivity index is 1.26. The lowest BCUT2D eigenvalue weighted by molar-refractivity contribution is 0.0928. The van der Waals surface area contributed by atoms with Gasteiger partial charge in [-0.2, -0.15) is 5.10 Å². The van der Waals surface area contributed by atoms with Crippen molar-refractivity contribution in [2.75, 3.05) is 37.6 Å². The summed E-state index contributed by atoms with van der Waals surface area (Å²) in [6.07, 6.45) is 5.21. The lowest BCUT2D eigenvalue weighted by atomic mass is 10.1. The maximum absolute atomic E-state index is 13.4. The summed E-state index contributed by atoms with van der Waals surface area (Å²) in [6, 6.07) is 21.6. The number of benzene rings is 2. The minimum absolute atomic E-state index is 0.00859. The lowest BCUT2D eigenvalue weighted by Gasteiger charge is -2.35. The van der Waals surface area contributed by atoms with Crippen molar-refractivity contribution in [3.05, 3.63) is 90.9 Å². The topological polar surface area (TPSA) is 79.2 Å². The maximum Gasteiger partial charge on any atom is 0.255 e. The molecule has 1 N–H and O–H groups in total. The van der Waals surface area contributed by atoms with Crippen molar-refractivity contribution in [3.8, 4) is 16.9 Å². The van der Waals surface area contributed by atoms with Crippen molar-refractivity contribution in [1.82, 2.24) is 30.0 Å². The summed E-state index contributed by atoms with van der Waals surface area (Å²) in [7, 11) is 0. The van der Waals surface area contributed by atoms with Gasteiger partial charge in [-0.15, -0.1) is 0 Å². The zero-order valence-electron chi connectivity index (χ0n) is 19.8. The van der Waals surface area contributed by atoms with Crippen LogP contribution in [-0.4, -0.2) is 69.3 Å². The highest BCUT2D eigenvalue weighted by Gasteiger charge is 2.24. The van der Waals surface area contributed by atoms with Crippen LogP contribution < -0.4 is 10.2 Å². The molecule has 1 aliphatic rings. The minimum Gasteiger partial charge on any atom is -0.348 e. The standard InChI is InChI=1S/C27H29N7O/c1-21(20-32-15-17-33(18-16-32)27-28-13-8-14-29-27)31-26(35)24-19-30-34(23-11-6-3-7-12-23)25(24)22-9-4-2-5-10-22/h2-14,19,21H,15-18,20H2,1H3,(H,31,35). The molecule has 1 fully saturated rings. The van der Waals surface area contributed by atoms with E-state index in [0.717, 1.165) is 55.6 Å². The summed E-state index contributed by atoms with van der Waals surface area (Å²) in [4.78, 5) is 26.6. The van der Waals surface area contributed by atoms with Crippen LogP contribution in [0.1, 0.15) is 17.3 Å². The highest BCUT2D eigenvalue weighted by Crippen LogP contribution is 2.26. The molecule has 0 bridgehead atoms. The molecule has 8 nitrogen and oxygen atoms in total. The van der Waals surface area contributed by atoms with E-state index in [9.17, 15) is 4.79 Å². The quantitative estimate of drug-likeness (QED) is 0.450. The van der Waals surface area contributed by atoms with Gasteiger partial charge in [-0.05, 0) is 25.1 Å². The van der Waals surface area contributed by atoms with Crippen LogP contribution in [0.15, 0.2) is 85.3 Å². The van der Waals surface area contributed by atoms with Gasteiger partial charge in [0.15, 0.2) is 0 Å². The van der Waals surface area contributed by atoms with Gasteiger partial charge in [-0.3, -0.25) is 9.69 Å². The molecule has 1 amide bonds. The molecule has 1 saturated heterocycles. The molecule has 1 atom stereocenters. The van der Waals surface area contributed by atoms with Crippen LogP contribution in [-0.2, 0) is 0 Å². The van der Waals surface area contributed by atoms with Gasteiger partial charge in [0.2, 0.25) is 5.95 Å². The molecule has 2 aromatic carbocycles. The molecule has 2 aromatic heterocycles. The number of nitrogens with zero attached hydrogens (tertiary/aromatic N) is 6. The smallest absolute Gasteiger partial charge is 0.255 e. The second-order valence-electron chi connectivity index (χ2n) is 8.73. The van der Waals surface area contributed by atoms with Crippen LogP contribution in [0.3, 0.4) is 0 Å². The van der Waals surface area contributed by atoms with E-state index >= 15 is 0 Å². The van der Waals surface area contributed by atoms with Crippen LogP contribution in [0.4, 0.5) is 5.95 Å². The van der Waals surface area contributed by atoms with E-state index in [1.54, 1.807) is 18.6 Å². The fraction of sp³-hybridized carbons (Fsp3) is 0.259. The fourth-order valence-electron chi connectivity index (χ4n) is 4.47. The summed E-state index contributed by atoms with van der Waals surface area (Å²) in [5, 5.41) is 7.76. The molecule has 178 valence electrons. The van der Waals surface area contributed by atoms with Crippen molar-refractivity contribution in [2.24, 2.45) is 0 Å². The molecule has 0 aliphatic carbocycles. The number of para-hydroxylation sites is 1. The van der Waals surface area contributed by atoms with E-state index in [1.165, 1.54) is 0 Å². The molecule has 0 radical (unpaired) electrons. The number of carbonyl (C=O) groups is 1. The molecule has 1 unspecified atom stereocenters. The Morgan fingerprint density at radius 1 is 0.914 bits per heavy atom. The van der Waals surface area contributed by atoms with E-state index in [4.69, 9.17) is 0 Å². The highest BCUT2D eigenvalue weighted by atomic mass is 16.1. The molecule has 3 heterocycles. The number of carbonyl (C=O) groups excluding carboxylic acids is 1. The average Bonchev–Trinajstić information content (AvgIpc) is 3.36. The number of anilines is 1. The van der Waals surface area contributed by atoms with Crippen molar-refractivity contribution < 1.29 is 4.79 Å². The zero-order chi connectivity index (χ0) is 24.0. The fourth-order valence-corrected chi connectivity index (χ4v) is 4.47. The van der Waals surface area contributed by atoms with Crippen LogP contribution in [0, 0.1) is 0 Å². The average molecular weight is 468 g/mol. The predicted molar refractivity (Wildman–Crippen MR) is 137 cm³/mol. The molecule has 1 aliphatic heterocycles. The summed E-state index contributed by atoms with van der Waals surface area (Å²) < 4.78 is 1.83. The molecule has 8 heteroatoms. The molecule has 0 spiro atoms. The Bertz CT molecular complexity index is 1240. The van der Waals surface area contributed by atoms with Gasteiger partial charge in [-0.25, -0.2) is 14.6 Å². The summed E-state index contributed by atoms with van der Waals surface area (Å²) in [6.45, 7) is 6.37. The third-order valence-corrected chi connectivity index (χ3v) is 6.18. The first-order valence-electron chi connectivity index (χ1n) is 11.9. The van der Waals surface area contributed by atoms with Crippen molar-refractivity contribution in [1.29, 1.82) is 0 Å². The van der Waals surface area contributed by atoms with Crippen LogP contribution in [0.2, 0.25) is 0 Å². The number of aromatic nitrogens is 4. The predicted octanol–water partition coefficient (Wildman–Crippen LogP) is 3.27. The van der Waals surface area contributed by atoms with Gasteiger partial charge in [0.05, 0.1) is 23.1 Å². The first kappa shape index (κ1) is 22.7. The van der Waals surface area contributed by atoms with Gasteiger partial charge in [-0.1, -0.05) is 48.5 Å². The Hall–Kier alpha value is -4.04. The van der Waals surface area contributed by atoms with Gasteiger partial charge in [0, 0.05) is 56.7 Å². The van der Waals surface area contributed by atoms with E-state index in [0.29, 0.717) is 5.56 Å². The van der Waals surface area contributed by atoms with Gasteiger partial charge in [0.1, 0.15) is 0 Å². The maximum atomic E-state index is 13.4. The van der Waals surface area contributed by atoms with Gasteiger partial charge < -0.3 is 10.2 Å². The second-order valence-corrected chi connectivity index (χ2v) is 8.73. The number of amides is 1. The summed E-state index contributed by atoms with van der Waals surface area (Å²) in [5.74, 6) is 0.659. The first-order chi connectivity index (χ1) is 17.2. The Morgan fingerprint density at radius 3 is 2.26 bits per heavy atom. The second kappa shape index (κ2) is 10.5. The van der Waals surface area contributed by atoms with Crippen LogP contribution in [0.25, 0.3) is 16.9 Å². The Kier molecular flexibility index (Phi) is 6.81. The number of nitrogens with one attached hydrogen (secondary N) is 1. The first-order valence-corrected chi connectivity index (χ1v) is 11.9. The van der Waals surface area contributed by atoms with Gasteiger partial charge >= 0.3 is 0 Å². The SMILES string of the molecule is CC(CN1CCN(c2ncccn2)CC1)NC(=O)c1cnn(-c2ccccc2)c1-c1ccccc1.